The molecule has 4 N–H and O–H groups in total. The van der Waals surface area contributed by atoms with Gasteiger partial charge in [0.1, 0.15) is 5.82 Å². The van der Waals surface area contributed by atoms with Gasteiger partial charge >= 0.3 is 6.03 Å². The second-order valence-corrected chi connectivity index (χ2v) is 6.32. The number of urea groups is 1. The molecule has 0 saturated carbocycles. The Hall–Kier alpha value is -2.12. The van der Waals surface area contributed by atoms with E-state index < -0.39 is 17.9 Å². The first kappa shape index (κ1) is 18.2. The smallest absolute Gasteiger partial charge is 0.312 e. The lowest BCUT2D eigenvalue weighted by Crippen LogP contribution is -2.35. The third kappa shape index (κ3) is 5.21. The first-order valence-corrected chi connectivity index (χ1v) is 8.08. The minimum atomic E-state index is -0.738. The summed E-state index contributed by atoms with van der Waals surface area (Å²) in [5, 5.41) is 5.04. The summed E-state index contributed by atoms with van der Waals surface area (Å²) >= 11 is 9.02. The Labute approximate surface area is 151 Å². The molecular formula is C16H14BrClFN3O2. The molecule has 3 amide bonds. The van der Waals surface area contributed by atoms with Crippen LogP contribution in [0.3, 0.4) is 0 Å². The molecule has 2 aromatic carbocycles. The second-order valence-electron chi connectivity index (χ2n) is 5.00. The Morgan fingerprint density at radius 1 is 1.25 bits per heavy atom. The zero-order chi connectivity index (χ0) is 17.7. The summed E-state index contributed by atoms with van der Waals surface area (Å²) < 4.78 is 13.9. The highest BCUT2D eigenvalue weighted by molar-refractivity contribution is 9.10. The van der Waals surface area contributed by atoms with Crippen LogP contribution in [0.25, 0.3) is 0 Å². The Bertz CT molecular complexity index is 773. The predicted octanol–water partition coefficient (Wildman–Crippen LogP) is 3.98. The fourth-order valence-electron chi connectivity index (χ4n) is 2.12. The average molecular weight is 415 g/mol. The topological polar surface area (TPSA) is 84.2 Å². The molecule has 0 saturated heterocycles. The van der Waals surface area contributed by atoms with Crippen LogP contribution in [0.15, 0.2) is 46.9 Å². The van der Waals surface area contributed by atoms with E-state index in [0.717, 1.165) is 16.1 Å². The van der Waals surface area contributed by atoms with E-state index in [1.165, 1.54) is 12.1 Å². The standard InChI is InChI=1S/C16H14BrClFN3O2/c17-10-3-1-2-9(6-10)14(22-16(20)24)8-15(23)21-11-4-5-13(19)12(18)7-11/h1-7,14H,8H2,(H,21,23)(H3,20,22,24). The van der Waals surface area contributed by atoms with Gasteiger partial charge in [-0.2, -0.15) is 0 Å². The number of carbonyl (C=O) groups excluding carboxylic acids is 2. The largest absolute Gasteiger partial charge is 0.352 e. The molecule has 0 heterocycles. The number of carbonyl (C=O) groups is 2. The number of benzene rings is 2. The molecule has 0 spiro atoms. The first-order valence-electron chi connectivity index (χ1n) is 6.91. The third-order valence-electron chi connectivity index (χ3n) is 3.16. The summed E-state index contributed by atoms with van der Waals surface area (Å²) in [5.74, 6) is -0.950. The molecule has 0 aromatic heterocycles. The molecule has 5 nitrogen and oxygen atoms in total. The highest BCUT2D eigenvalue weighted by Gasteiger charge is 2.18. The minimum Gasteiger partial charge on any atom is -0.352 e. The maximum Gasteiger partial charge on any atom is 0.312 e. The van der Waals surface area contributed by atoms with Crippen LogP contribution in [0.4, 0.5) is 14.9 Å². The Kier molecular flexibility index (Phi) is 6.16. The van der Waals surface area contributed by atoms with Crippen LogP contribution in [0, 0.1) is 5.82 Å². The van der Waals surface area contributed by atoms with Crippen LogP contribution < -0.4 is 16.4 Å². The van der Waals surface area contributed by atoms with Crippen molar-refractivity contribution in [2.75, 3.05) is 5.32 Å². The van der Waals surface area contributed by atoms with Gasteiger partial charge in [0.05, 0.1) is 17.5 Å². The lowest BCUT2D eigenvalue weighted by molar-refractivity contribution is -0.116. The fourth-order valence-corrected chi connectivity index (χ4v) is 2.72. The van der Waals surface area contributed by atoms with Gasteiger partial charge in [-0.05, 0) is 35.9 Å². The monoisotopic (exact) mass is 413 g/mol. The fraction of sp³-hybridized carbons (Fsp3) is 0.125. The van der Waals surface area contributed by atoms with Gasteiger partial charge in [0.2, 0.25) is 5.91 Å². The number of nitrogens with two attached hydrogens (primary N) is 1. The van der Waals surface area contributed by atoms with Crippen molar-refractivity contribution in [1.82, 2.24) is 5.32 Å². The van der Waals surface area contributed by atoms with E-state index in [9.17, 15) is 14.0 Å². The van der Waals surface area contributed by atoms with Gasteiger partial charge in [0.25, 0.3) is 0 Å². The SMILES string of the molecule is NC(=O)NC(CC(=O)Nc1ccc(F)c(Cl)c1)c1cccc(Br)c1. The van der Waals surface area contributed by atoms with E-state index in [1.807, 2.05) is 6.07 Å². The molecule has 0 aliphatic rings. The number of halogens is 3. The van der Waals surface area contributed by atoms with Crippen LogP contribution in [-0.4, -0.2) is 11.9 Å². The van der Waals surface area contributed by atoms with Crippen molar-refractivity contribution in [1.29, 1.82) is 0 Å². The molecule has 2 aromatic rings. The van der Waals surface area contributed by atoms with Crippen molar-refractivity contribution in [3.05, 3.63) is 63.3 Å². The van der Waals surface area contributed by atoms with Crippen molar-refractivity contribution in [2.24, 2.45) is 5.73 Å². The van der Waals surface area contributed by atoms with Gasteiger partial charge in [-0.25, -0.2) is 9.18 Å². The molecule has 1 atom stereocenters. The van der Waals surface area contributed by atoms with Crippen molar-refractivity contribution < 1.29 is 14.0 Å². The summed E-state index contributed by atoms with van der Waals surface area (Å²) in [5.41, 5.74) is 6.26. The Morgan fingerprint density at radius 3 is 2.62 bits per heavy atom. The quantitative estimate of drug-likeness (QED) is 0.691. The van der Waals surface area contributed by atoms with Crippen LogP contribution in [0.5, 0.6) is 0 Å². The number of amides is 3. The molecule has 2 rings (SSSR count). The van der Waals surface area contributed by atoms with E-state index in [-0.39, 0.29) is 17.4 Å². The van der Waals surface area contributed by atoms with E-state index in [1.54, 1.807) is 18.2 Å². The molecule has 24 heavy (non-hydrogen) atoms. The number of hydrogen-bond donors (Lipinski definition) is 3. The van der Waals surface area contributed by atoms with Gasteiger partial charge in [-0.15, -0.1) is 0 Å². The molecule has 0 radical (unpaired) electrons. The molecule has 0 fully saturated rings. The molecule has 126 valence electrons. The summed E-state index contributed by atoms with van der Waals surface area (Å²) in [6.07, 6.45) is -0.0472. The zero-order valence-electron chi connectivity index (χ0n) is 12.4. The molecular weight excluding hydrogens is 401 g/mol. The van der Waals surface area contributed by atoms with Gasteiger partial charge in [-0.1, -0.05) is 39.7 Å². The summed E-state index contributed by atoms with van der Waals surface area (Å²) in [7, 11) is 0. The molecule has 1 unspecified atom stereocenters. The number of hydrogen-bond acceptors (Lipinski definition) is 2. The number of rotatable bonds is 5. The third-order valence-corrected chi connectivity index (χ3v) is 3.94. The average Bonchev–Trinajstić information content (AvgIpc) is 2.50. The zero-order valence-corrected chi connectivity index (χ0v) is 14.7. The van der Waals surface area contributed by atoms with Gasteiger partial charge in [0.15, 0.2) is 0 Å². The highest BCUT2D eigenvalue weighted by Crippen LogP contribution is 2.23. The predicted molar refractivity (Wildman–Crippen MR) is 94.3 cm³/mol. The summed E-state index contributed by atoms with van der Waals surface area (Å²) in [6, 6.07) is 9.69. The second kappa shape index (κ2) is 8.12. The van der Waals surface area contributed by atoms with E-state index in [0.29, 0.717) is 5.69 Å². The minimum absolute atomic E-state index is 0.0472. The summed E-state index contributed by atoms with van der Waals surface area (Å²) in [4.78, 5) is 23.4. The maximum atomic E-state index is 13.1. The van der Waals surface area contributed by atoms with E-state index >= 15 is 0 Å². The van der Waals surface area contributed by atoms with Gasteiger partial charge < -0.3 is 16.4 Å². The van der Waals surface area contributed by atoms with Crippen LogP contribution >= 0.6 is 27.5 Å². The van der Waals surface area contributed by atoms with Crippen LogP contribution in [0.1, 0.15) is 18.0 Å². The summed E-state index contributed by atoms with van der Waals surface area (Å²) in [6.45, 7) is 0. The molecule has 0 aliphatic heterocycles. The molecule has 8 heteroatoms. The van der Waals surface area contributed by atoms with Gasteiger partial charge in [0, 0.05) is 10.2 Å². The van der Waals surface area contributed by atoms with Crippen molar-refractivity contribution in [3.63, 3.8) is 0 Å². The van der Waals surface area contributed by atoms with Crippen molar-refractivity contribution in [2.45, 2.75) is 12.5 Å². The Morgan fingerprint density at radius 2 is 2.00 bits per heavy atom. The van der Waals surface area contributed by atoms with Crippen LogP contribution in [-0.2, 0) is 4.79 Å². The normalized spacial score (nSPS) is 11.6. The van der Waals surface area contributed by atoms with Crippen molar-refractivity contribution in [3.8, 4) is 0 Å². The maximum absolute atomic E-state index is 13.1. The van der Waals surface area contributed by atoms with E-state index in [2.05, 4.69) is 26.6 Å². The van der Waals surface area contributed by atoms with Gasteiger partial charge in [-0.3, -0.25) is 4.79 Å². The molecule has 0 bridgehead atoms. The van der Waals surface area contributed by atoms with Crippen LogP contribution in [0.2, 0.25) is 5.02 Å². The van der Waals surface area contributed by atoms with Crippen molar-refractivity contribution >= 4 is 45.2 Å². The first-order chi connectivity index (χ1) is 11.3. The number of nitrogens with one attached hydrogen (secondary N) is 2. The Balaban J connectivity index is 2.12. The number of primary amides is 1. The lowest BCUT2D eigenvalue weighted by Gasteiger charge is -2.18. The number of anilines is 1. The van der Waals surface area contributed by atoms with E-state index in [4.69, 9.17) is 17.3 Å². The molecule has 0 aliphatic carbocycles. The highest BCUT2D eigenvalue weighted by atomic mass is 79.9. The lowest BCUT2D eigenvalue weighted by atomic mass is 10.0.